The van der Waals surface area contributed by atoms with Gasteiger partial charge in [-0.2, -0.15) is 0 Å². The van der Waals surface area contributed by atoms with Crippen LogP contribution in [0.5, 0.6) is 0 Å². The van der Waals surface area contributed by atoms with Gasteiger partial charge in [-0.05, 0) is 43.1 Å². The summed E-state index contributed by atoms with van der Waals surface area (Å²) >= 11 is 0. The largest absolute Gasteiger partial charge is 0.395 e. The average molecular weight is 312 g/mol. The molecule has 2 nitrogen and oxygen atoms in total. The van der Waals surface area contributed by atoms with Crippen LogP contribution in [0.25, 0.3) is 0 Å². The summed E-state index contributed by atoms with van der Waals surface area (Å²) < 4.78 is 6.54. The maximum absolute atomic E-state index is 13.0. The monoisotopic (exact) mass is 312 g/mol. The normalized spacial score (nSPS) is 26.0. The van der Waals surface area contributed by atoms with Crippen LogP contribution >= 0.6 is 0 Å². The van der Waals surface area contributed by atoms with Crippen LogP contribution in [-0.4, -0.2) is 19.7 Å². The summed E-state index contributed by atoms with van der Waals surface area (Å²) in [6.45, 7) is 10.9. The zero-order valence-corrected chi connectivity index (χ0v) is 15.2. The molecule has 0 saturated carbocycles. The third-order valence-corrected chi connectivity index (χ3v) is 9.16. The first-order valence-corrected chi connectivity index (χ1v) is 10.7. The Hall–Kier alpha value is -1.55. The van der Waals surface area contributed by atoms with Crippen LogP contribution in [0.15, 0.2) is 23.8 Å². The highest BCUT2D eigenvalue weighted by Crippen LogP contribution is 2.42. The molecule has 2 bridgehead atoms. The molecular weight excluding hydrogens is 288 g/mol. The fourth-order valence-electron chi connectivity index (χ4n) is 2.35. The van der Waals surface area contributed by atoms with E-state index < -0.39 is 13.9 Å². The molecular formula is C19H24O2Si. The molecule has 1 atom stereocenters. The van der Waals surface area contributed by atoms with Crippen molar-refractivity contribution in [1.82, 2.24) is 0 Å². The molecule has 0 N–H and O–H groups in total. The van der Waals surface area contributed by atoms with Gasteiger partial charge < -0.3 is 4.43 Å². The Morgan fingerprint density at radius 2 is 1.91 bits per heavy atom. The van der Waals surface area contributed by atoms with E-state index in [9.17, 15) is 4.79 Å². The van der Waals surface area contributed by atoms with Crippen molar-refractivity contribution in [3.05, 3.63) is 23.8 Å². The van der Waals surface area contributed by atoms with Crippen molar-refractivity contribution in [2.75, 3.05) is 0 Å². The van der Waals surface area contributed by atoms with Gasteiger partial charge >= 0.3 is 0 Å². The van der Waals surface area contributed by atoms with E-state index in [1.807, 2.05) is 6.08 Å². The first kappa shape index (κ1) is 16.8. The molecule has 0 aromatic carbocycles. The first-order valence-electron chi connectivity index (χ1n) is 7.78. The zero-order chi connectivity index (χ0) is 16.4. The lowest BCUT2D eigenvalue weighted by Gasteiger charge is -2.43. The Morgan fingerprint density at radius 1 is 1.23 bits per heavy atom. The van der Waals surface area contributed by atoms with E-state index in [0.29, 0.717) is 12.8 Å². The number of rotatable bonds is 2. The Balaban J connectivity index is 2.47. The van der Waals surface area contributed by atoms with Gasteiger partial charge in [0.05, 0.1) is 0 Å². The van der Waals surface area contributed by atoms with Crippen molar-refractivity contribution in [2.24, 2.45) is 0 Å². The van der Waals surface area contributed by atoms with E-state index in [-0.39, 0.29) is 10.8 Å². The Morgan fingerprint density at radius 3 is 2.59 bits per heavy atom. The maximum Gasteiger partial charge on any atom is 0.202 e. The van der Waals surface area contributed by atoms with E-state index in [2.05, 4.69) is 57.5 Å². The molecule has 0 aromatic rings. The number of hydrogen-bond donors (Lipinski definition) is 0. The number of carbonyl (C=O) groups excluding carboxylic acids is 1. The molecule has 2 aliphatic carbocycles. The average Bonchev–Trinajstić information content (AvgIpc) is 2.39. The van der Waals surface area contributed by atoms with Gasteiger partial charge in [-0.1, -0.05) is 50.5 Å². The van der Waals surface area contributed by atoms with Crippen molar-refractivity contribution in [1.29, 1.82) is 0 Å². The molecule has 0 spiro atoms. The second-order valence-electron chi connectivity index (χ2n) is 7.39. The Kier molecular flexibility index (Phi) is 4.52. The number of hydrogen-bond acceptors (Lipinski definition) is 2. The molecule has 0 saturated heterocycles. The summed E-state index contributed by atoms with van der Waals surface area (Å²) in [6.07, 6.45) is 7.37. The lowest BCUT2D eigenvalue weighted by Crippen LogP contribution is -2.54. The summed E-state index contributed by atoms with van der Waals surface area (Å²) in [5.74, 6) is 12.0. The Bertz CT molecular complexity index is 654. The zero-order valence-electron chi connectivity index (χ0n) is 14.2. The molecule has 0 aliphatic heterocycles. The highest BCUT2D eigenvalue weighted by molar-refractivity contribution is 6.74. The number of ketones is 1. The highest BCUT2D eigenvalue weighted by Gasteiger charge is 2.49. The van der Waals surface area contributed by atoms with Gasteiger partial charge in [-0.15, -0.1) is 0 Å². The molecule has 0 radical (unpaired) electrons. The smallest absolute Gasteiger partial charge is 0.202 e. The number of Topliss-reactive ketones (excluding diaryl/α,β-unsaturated/α-hetero) is 1. The summed E-state index contributed by atoms with van der Waals surface area (Å²) in [4.78, 5) is 13.0. The summed E-state index contributed by atoms with van der Waals surface area (Å²) in [6, 6.07) is 0. The number of carbonyl (C=O) groups is 1. The van der Waals surface area contributed by atoms with Crippen LogP contribution in [0, 0.1) is 23.7 Å². The molecule has 0 fully saturated rings. The molecule has 22 heavy (non-hydrogen) atoms. The fourth-order valence-corrected chi connectivity index (χ4v) is 3.77. The Labute approximate surface area is 135 Å². The standard InChI is InChI=1S/C19H24O2Si/c1-18(2,3)22(4,5)21-19-14-10-8-6-7-9-12-16(17(19)20)13-11-15-19/h6,8,13H,11-12,15H2,1-5H3/b8-6-/t19-/m0/s1. The van der Waals surface area contributed by atoms with Gasteiger partial charge in [0.25, 0.3) is 0 Å². The van der Waals surface area contributed by atoms with Crippen molar-refractivity contribution >= 4 is 14.1 Å². The van der Waals surface area contributed by atoms with Gasteiger partial charge in [0.2, 0.25) is 5.78 Å². The molecule has 2 aliphatic rings. The number of fused-ring (bicyclic) bond motifs is 2. The van der Waals surface area contributed by atoms with E-state index in [1.165, 1.54) is 0 Å². The van der Waals surface area contributed by atoms with E-state index in [1.54, 1.807) is 12.2 Å². The fraction of sp³-hybridized carbons (Fsp3) is 0.526. The van der Waals surface area contributed by atoms with Crippen LogP contribution in [0.1, 0.15) is 40.0 Å². The van der Waals surface area contributed by atoms with Gasteiger partial charge in [0, 0.05) is 12.0 Å². The van der Waals surface area contributed by atoms with Gasteiger partial charge in [-0.3, -0.25) is 4.79 Å². The second-order valence-corrected chi connectivity index (χ2v) is 12.1. The topological polar surface area (TPSA) is 26.3 Å². The molecule has 0 heterocycles. The van der Waals surface area contributed by atoms with E-state index in [4.69, 9.17) is 4.43 Å². The lowest BCUT2D eigenvalue weighted by atomic mass is 9.82. The van der Waals surface area contributed by atoms with E-state index >= 15 is 0 Å². The predicted octanol–water partition coefficient (Wildman–Crippen LogP) is 4.00. The van der Waals surface area contributed by atoms with Crippen LogP contribution in [0.2, 0.25) is 18.1 Å². The van der Waals surface area contributed by atoms with Gasteiger partial charge in [-0.25, -0.2) is 0 Å². The van der Waals surface area contributed by atoms with Crippen LogP contribution < -0.4 is 0 Å². The molecule has 0 unspecified atom stereocenters. The quantitative estimate of drug-likeness (QED) is 0.569. The minimum absolute atomic E-state index is 0.0145. The van der Waals surface area contributed by atoms with Crippen molar-refractivity contribution in [2.45, 2.75) is 63.8 Å². The highest BCUT2D eigenvalue weighted by atomic mass is 28.4. The van der Waals surface area contributed by atoms with Crippen molar-refractivity contribution < 1.29 is 9.22 Å². The van der Waals surface area contributed by atoms with Gasteiger partial charge in [0.1, 0.15) is 0 Å². The summed E-state index contributed by atoms with van der Waals surface area (Å²) in [7, 11) is -2.10. The predicted molar refractivity (Wildman–Crippen MR) is 92.6 cm³/mol. The van der Waals surface area contributed by atoms with Crippen LogP contribution in [-0.2, 0) is 9.22 Å². The minimum atomic E-state index is -2.10. The first-order chi connectivity index (χ1) is 10.2. The summed E-state index contributed by atoms with van der Waals surface area (Å²) in [5.41, 5.74) is -0.238. The molecule has 2 rings (SSSR count). The molecule has 0 aromatic heterocycles. The molecule has 0 amide bonds. The molecule has 3 heteroatoms. The molecule has 116 valence electrons. The SMILES string of the molecule is CC(C)(C)[Si](C)(C)O[C@@]12C#C/C=C\C#CCC(=CCC1)C2=O. The second kappa shape index (κ2) is 5.92. The minimum Gasteiger partial charge on any atom is -0.395 e. The summed E-state index contributed by atoms with van der Waals surface area (Å²) in [5, 5.41) is 0.0377. The number of allylic oxidation sites excluding steroid dienone is 3. The van der Waals surface area contributed by atoms with Crippen molar-refractivity contribution in [3.8, 4) is 23.7 Å². The third-order valence-electron chi connectivity index (χ3n) is 4.69. The van der Waals surface area contributed by atoms with Crippen LogP contribution in [0.3, 0.4) is 0 Å². The van der Waals surface area contributed by atoms with Gasteiger partial charge in [0.15, 0.2) is 13.9 Å². The van der Waals surface area contributed by atoms with Crippen molar-refractivity contribution in [3.63, 3.8) is 0 Å². The van der Waals surface area contributed by atoms with E-state index in [0.717, 1.165) is 12.0 Å². The third kappa shape index (κ3) is 3.27. The maximum atomic E-state index is 13.0. The lowest BCUT2D eigenvalue weighted by molar-refractivity contribution is -0.128. The van der Waals surface area contributed by atoms with Crippen LogP contribution in [0.4, 0.5) is 0 Å².